The fraction of sp³-hybridized carbons (Fsp3) is 0.696. The largest absolute Gasteiger partial charge is 0.497 e. The minimum atomic E-state index is 0.301. The predicted molar refractivity (Wildman–Crippen MR) is 121 cm³/mol. The van der Waals surface area contributed by atoms with E-state index < -0.39 is 0 Å². The molecule has 6 heteroatoms. The van der Waals surface area contributed by atoms with E-state index in [4.69, 9.17) is 14.5 Å². The Hall–Kier alpha value is -1.79. The number of hydrogen-bond acceptors (Lipinski definition) is 4. The van der Waals surface area contributed by atoms with Crippen LogP contribution in [0.25, 0.3) is 0 Å². The van der Waals surface area contributed by atoms with E-state index in [0.29, 0.717) is 6.04 Å². The Kier molecular flexibility index (Phi) is 11.5. The van der Waals surface area contributed by atoms with Crippen molar-refractivity contribution < 1.29 is 9.47 Å². The third-order valence-electron chi connectivity index (χ3n) is 5.31. The van der Waals surface area contributed by atoms with Crippen molar-refractivity contribution >= 4 is 5.96 Å². The number of guanidine groups is 1. The summed E-state index contributed by atoms with van der Waals surface area (Å²) in [6.45, 7) is 10.6. The number of rotatable bonds is 12. The summed E-state index contributed by atoms with van der Waals surface area (Å²) in [7, 11) is 1.71. The summed E-state index contributed by atoms with van der Waals surface area (Å²) in [6.07, 6.45) is 6.03. The van der Waals surface area contributed by atoms with Gasteiger partial charge in [-0.2, -0.15) is 0 Å². The number of aliphatic imine (C=N–C) groups is 1. The van der Waals surface area contributed by atoms with Gasteiger partial charge in [0.1, 0.15) is 5.75 Å². The normalized spacial score (nSPS) is 16.4. The highest BCUT2D eigenvalue weighted by molar-refractivity contribution is 5.79. The van der Waals surface area contributed by atoms with E-state index in [9.17, 15) is 0 Å². The molecule has 164 valence electrons. The summed E-state index contributed by atoms with van der Waals surface area (Å²) in [4.78, 5) is 7.52. The first kappa shape index (κ1) is 23.5. The van der Waals surface area contributed by atoms with Crippen molar-refractivity contribution in [2.75, 3.05) is 53.0 Å². The average Bonchev–Trinajstić information content (AvgIpc) is 2.77. The topological polar surface area (TPSA) is 58.1 Å². The van der Waals surface area contributed by atoms with Crippen molar-refractivity contribution in [2.24, 2.45) is 4.99 Å². The molecule has 6 nitrogen and oxygen atoms in total. The molecule has 1 aromatic carbocycles. The molecule has 1 unspecified atom stereocenters. The van der Waals surface area contributed by atoms with Gasteiger partial charge in [-0.1, -0.05) is 18.6 Å². The minimum absolute atomic E-state index is 0.301. The van der Waals surface area contributed by atoms with Crippen LogP contribution < -0.4 is 15.4 Å². The lowest BCUT2D eigenvalue weighted by atomic mass is 10.0. The number of nitrogens with one attached hydrogen (secondary N) is 2. The van der Waals surface area contributed by atoms with Gasteiger partial charge in [0.05, 0.1) is 19.7 Å². The molecule has 1 fully saturated rings. The Morgan fingerprint density at radius 1 is 1.07 bits per heavy atom. The van der Waals surface area contributed by atoms with Crippen LogP contribution in [0.4, 0.5) is 0 Å². The van der Waals surface area contributed by atoms with Gasteiger partial charge in [-0.3, -0.25) is 9.89 Å². The van der Waals surface area contributed by atoms with E-state index in [0.717, 1.165) is 70.5 Å². The molecule has 0 aromatic heterocycles. The fourth-order valence-corrected chi connectivity index (χ4v) is 3.69. The van der Waals surface area contributed by atoms with Crippen molar-refractivity contribution in [2.45, 2.75) is 52.0 Å². The number of unbranched alkanes of at least 4 members (excludes halogenated alkanes) is 1. The Morgan fingerprint density at radius 3 is 2.48 bits per heavy atom. The first-order valence-electron chi connectivity index (χ1n) is 11.3. The van der Waals surface area contributed by atoms with Gasteiger partial charge in [0.15, 0.2) is 5.96 Å². The van der Waals surface area contributed by atoms with Gasteiger partial charge >= 0.3 is 0 Å². The molecule has 1 aliphatic heterocycles. The SMILES string of the molecule is CCNC(=NCC(c1ccc(OC)cc1)N1CCCCC1)NCCCCOCC. The molecule has 1 aromatic rings. The molecule has 1 atom stereocenters. The molecule has 29 heavy (non-hydrogen) atoms. The van der Waals surface area contributed by atoms with Crippen LogP contribution in [0.1, 0.15) is 57.6 Å². The van der Waals surface area contributed by atoms with Gasteiger partial charge < -0.3 is 20.1 Å². The lowest BCUT2D eigenvalue weighted by molar-refractivity contribution is 0.143. The first-order valence-corrected chi connectivity index (χ1v) is 11.3. The standard InChI is InChI=1S/C23H40N4O2/c1-4-24-23(25-15-7-10-18-29-5-2)26-19-22(27-16-8-6-9-17-27)20-11-13-21(28-3)14-12-20/h11-14,22H,4-10,15-19H2,1-3H3,(H2,24,25,26). The summed E-state index contributed by atoms with van der Waals surface area (Å²) >= 11 is 0. The highest BCUT2D eigenvalue weighted by atomic mass is 16.5. The third-order valence-corrected chi connectivity index (χ3v) is 5.31. The summed E-state index contributed by atoms with van der Waals surface area (Å²) < 4.78 is 10.7. The maximum atomic E-state index is 5.41. The van der Waals surface area contributed by atoms with Crippen molar-refractivity contribution in [3.8, 4) is 5.75 Å². The van der Waals surface area contributed by atoms with E-state index in [-0.39, 0.29) is 0 Å². The van der Waals surface area contributed by atoms with Gasteiger partial charge in [-0.25, -0.2) is 0 Å². The van der Waals surface area contributed by atoms with E-state index in [2.05, 4.69) is 46.7 Å². The van der Waals surface area contributed by atoms with E-state index in [1.807, 2.05) is 6.92 Å². The van der Waals surface area contributed by atoms with Crippen LogP contribution in [0.5, 0.6) is 5.75 Å². The molecule has 1 heterocycles. The number of hydrogen-bond donors (Lipinski definition) is 2. The van der Waals surface area contributed by atoms with Crippen molar-refractivity contribution in [1.29, 1.82) is 0 Å². The van der Waals surface area contributed by atoms with Crippen LogP contribution in [-0.2, 0) is 4.74 Å². The summed E-state index contributed by atoms with van der Waals surface area (Å²) in [5.41, 5.74) is 1.31. The lowest BCUT2D eigenvalue weighted by Crippen LogP contribution is -2.40. The maximum Gasteiger partial charge on any atom is 0.191 e. The van der Waals surface area contributed by atoms with E-state index in [1.54, 1.807) is 7.11 Å². The second-order valence-corrected chi connectivity index (χ2v) is 7.44. The van der Waals surface area contributed by atoms with Crippen molar-refractivity contribution in [3.05, 3.63) is 29.8 Å². The number of nitrogens with zero attached hydrogens (tertiary/aromatic N) is 2. The smallest absolute Gasteiger partial charge is 0.191 e. The van der Waals surface area contributed by atoms with Crippen LogP contribution in [0, 0.1) is 0 Å². The molecule has 0 amide bonds. The Labute approximate surface area is 177 Å². The zero-order valence-corrected chi connectivity index (χ0v) is 18.6. The van der Waals surface area contributed by atoms with Crippen LogP contribution in [-0.4, -0.2) is 63.9 Å². The number of ether oxygens (including phenoxy) is 2. The number of benzene rings is 1. The molecule has 0 radical (unpaired) electrons. The zero-order chi connectivity index (χ0) is 20.7. The molecule has 2 rings (SSSR count). The lowest BCUT2D eigenvalue weighted by Gasteiger charge is -2.34. The van der Waals surface area contributed by atoms with Crippen LogP contribution in [0.15, 0.2) is 29.3 Å². The van der Waals surface area contributed by atoms with Gasteiger partial charge in [0.2, 0.25) is 0 Å². The molecule has 0 saturated carbocycles. The molecular formula is C23H40N4O2. The zero-order valence-electron chi connectivity index (χ0n) is 18.6. The Balaban J connectivity index is 1.99. The highest BCUT2D eigenvalue weighted by Gasteiger charge is 2.22. The number of piperidine rings is 1. The van der Waals surface area contributed by atoms with E-state index >= 15 is 0 Å². The monoisotopic (exact) mass is 404 g/mol. The minimum Gasteiger partial charge on any atom is -0.497 e. The highest BCUT2D eigenvalue weighted by Crippen LogP contribution is 2.26. The summed E-state index contributed by atoms with van der Waals surface area (Å²) in [6, 6.07) is 8.77. The maximum absolute atomic E-state index is 5.41. The van der Waals surface area contributed by atoms with Gasteiger partial charge in [-0.15, -0.1) is 0 Å². The Morgan fingerprint density at radius 2 is 1.83 bits per heavy atom. The molecular weight excluding hydrogens is 364 g/mol. The summed E-state index contributed by atoms with van der Waals surface area (Å²) in [5, 5.41) is 6.85. The fourth-order valence-electron chi connectivity index (χ4n) is 3.69. The number of likely N-dealkylation sites (tertiary alicyclic amines) is 1. The first-order chi connectivity index (χ1) is 14.3. The van der Waals surface area contributed by atoms with Crippen molar-refractivity contribution in [3.63, 3.8) is 0 Å². The molecule has 0 spiro atoms. The quantitative estimate of drug-likeness (QED) is 0.317. The van der Waals surface area contributed by atoms with Crippen LogP contribution >= 0.6 is 0 Å². The van der Waals surface area contributed by atoms with E-state index in [1.165, 1.54) is 24.8 Å². The van der Waals surface area contributed by atoms with Gasteiger partial charge in [0.25, 0.3) is 0 Å². The molecule has 1 saturated heterocycles. The second kappa shape index (κ2) is 14.2. The van der Waals surface area contributed by atoms with Crippen LogP contribution in [0.3, 0.4) is 0 Å². The second-order valence-electron chi connectivity index (χ2n) is 7.44. The third kappa shape index (κ3) is 8.62. The molecule has 1 aliphatic rings. The van der Waals surface area contributed by atoms with Crippen molar-refractivity contribution in [1.82, 2.24) is 15.5 Å². The van der Waals surface area contributed by atoms with Gasteiger partial charge in [0, 0.05) is 26.3 Å². The average molecular weight is 405 g/mol. The van der Waals surface area contributed by atoms with Crippen LogP contribution in [0.2, 0.25) is 0 Å². The predicted octanol–water partition coefficient (Wildman–Crippen LogP) is 3.59. The molecule has 2 N–H and O–H groups in total. The molecule has 0 bridgehead atoms. The number of methoxy groups -OCH3 is 1. The Bertz CT molecular complexity index is 571. The molecule has 0 aliphatic carbocycles. The van der Waals surface area contributed by atoms with Gasteiger partial charge in [-0.05, 0) is 70.3 Å². The summed E-state index contributed by atoms with van der Waals surface area (Å²) in [5.74, 6) is 1.80.